The van der Waals surface area contributed by atoms with Crippen LogP contribution in [-0.4, -0.2) is 24.9 Å². The van der Waals surface area contributed by atoms with E-state index in [1.165, 1.54) is 35.9 Å². The maximum Gasteiger partial charge on any atom is 0.239 e. The van der Waals surface area contributed by atoms with Gasteiger partial charge < -0.3 is 4.57 Å². The van der Waals surface area contributed by atoms with Crippen molar-refractivity contribution in [1.82, 2.24) is 9.55 Å². The Bertz CT molecular complexity index is 1440. The minimum Gasteiger partial charge on any atom is -0.345 e. The van der Waals surface area contributed by atoms with Gasteiger partial charge in [0.2, 0.25) is 7.28 Å². The zero-order chi connectivity index (χ0) is 25.6. The Morgan fingerprint density at radius 1 is 0.763 bits per heavy atom. The van der Waals surface area contributed by atoms with Gasteiger partial charge in [-0.3, -0.25) is 4.98 Å². The van der Waals surface area contributed by atoms with E-state index in [2.05, 4.69) is 138 Å². The first-order chi connectivity index (χ1) is 18.8. The average Bonchev–Trinajstić information content (AvgIpc) is 3.39. The third-order valence-corrected chi connectivity index (χ3v) is 13.8. The number of hydrogen-bond acceptors (Lipinski definition) is 1. The van der Waals surface area contributed by atoms with Crippen LogP contribution in [0, 0.1) is 0 Å². The fourth-order valence-corrected chi connectivity index (χ4v) is 11.7. The molecule has 1 saturated carbocycles. The van der Waals surface area contributed by atoms with Crippen molar-refractivity contribution >= 4 is 43.0 Å². The molecule has 0 saturated heterocycles. The highest BCUT2D eigenvalue weighted by Crippen LogP contribution is 2.41. The van der Waals surface area contributed by atoms with Gasteiger partial charge in [-0.25, -0.2) is 0 Å². The Kier molecular flexibility index (Phi) is 7.23. The Morgan fingerprint density at radius 2 is 1.32 bits per heavy atom. The molecule has 0 radical (unpaired) electrons. The van der Waals surface area contributed by atoms with Gasteiger partial charge in [0.15, 0.2) is 0 Å². The highest BCUT2D eigenvalue weighted by Gasteiger charge is 2.47. The lowest BCUT2D eigenvalue weighted by Gasteiger charge is -2.45. The quantitative estimate of drug-likeness (QED) is 0.190. The van der Waals surface area contributed by atoms with Crippen molar-refractivity contribution in [3.05, 3.63) is 145 Å². The average molecular weight is 509 g/mol. The van der Waals surface area contributed by atoms with Gasteiger partial charge in [-0.1, -0.05) is 163 Å². The van der Waals surface area contributed by atoms with Gasteiger partial charge in [0.25, 0.3) is 0 Å². The van der Waals surface area contributed by atoms with E-state index >= 15 is 0 Å². The molecule has 0 unspecified atom stereocenters. The monoisotopic (exact) mass is 508 g/mol. The highest BCUT2D eigenvalue weighted by molar-refractivity contribution is 7.02. The van der Waals surface area contributed by atoms with Crippen LogP contribution in [0.4, 0.5) is 0 Å². The van der Waals surface area contributed by atoms with Gasteiger partial charge in [0.05, 0.1) is 5.72 Å². The molecule has 0 atom stereocenters. The second kappa shape index (κ2) is 11.2. The maximum atomic E-state index is 4.94. The number of aromatic nitrogens is 2. The van der Waals surface area contributed by atoms with Gasteiger partial charge >= 0.3 is 0 Å². The molecule has 0 bridgehead atoms. The smallest absolute Gasteiger partial charge is 0.239 e. The molecular formula is C34H33BN2Si. The van der Waals surface area contributed by atoms with Crippen molar-refractivity contribution in [2.24, 2.45) is 0 Å². The Labute approximate surface area is 228 Å². The van der Waals surface area contributed by atoms with Crippen molar-refractivity contribution in [1.29, 1.82) is 0 Å². The van der Waals surface area contributed by atoms with E-state index < -0.39 is 8.07 Å². The minimum absolute atomic E-state index is 0.746. The molecule has 0 amide bonds. The van der Waals surface area contributed by atoms with Gasteiger partial charge in [0.1, 0.15) is 8.07 Å². The second-order valence-electron chi connectivity index (χ2n) is 10.4. The number of nitrogens with zero attached hydrogens (tertiary/aromatic N) is 2. The summed E-state index contributed by atoms with van der Waals surface area (Å²) in [4.78, 5) is 4.94. The molecule has 0 N–H and O–H groups in total. The summed E-state index contributed by atoms with van der Waals surface area (Å²) in [6.07, 6.45) is 11.5. The van der Waals surface area contributed by atoms with E-state index in [9.17, 15) is 0 Å². The number of rotatable bonds is 9. The Balaban J connectivity index is 1.42. The predicted molar refractivity (Wildman–Crippen MR) is 165 cm³/mol. The molecular weight excluding hydrogens is 475 g/mol. The molecule has 4 heteroatoms. The molecule has 1 aliphatic carbocycles. The highest BCUT2D eigenvalue weighted by atomic mass is 28.3. The van der Waals surface area contributed by atoms with Crippen LogP contribution >= 0.6 is 0 Å². The number of benzene rings is 4. The minimum atomic E-state index is -2.10. The lowest BCUT2D eigenvalue weighted by atomic mass is 9.65. The molecule has 0 aliphatic heterocycles. The summed E-state index contributed by atoms with van der Waals surface area (Å²) in [7, 11) is -1.30. The Morgan fingerprint density at radius 3 is 1.87 bits per heavy atom. The van der Waals surface area contributed by atoms with Gasteiger partial charge in [-0.05, 0) is 16.7 Å². The molecule has 1 aromatic heterocycles. The topological polar surface area (TPSA) is 17.8 Å². The summed E-state index contributed by atoms with van der Waals surface area (Å²) in [5, 5.41) is 3.08. The molecule has 4 aromatic carbocycles. The molecule has 38 heavy (non-hydrogen) atoms. The SMILES string of the molecule is B(C(=Cc1ccccc1)c1ccccc1)c1nccn1C[Si](c1ccccc1)(c1ccccc1)C1CCC1. The molecule has 0 spiro atoms. The summed E-state index contributed by atoms with van der Waals surface area (Å²) in [5.74, 6) is 0. The third kappa shape index (κ3) is 4.97. The second-order valence-corrected chi connectivity index (χ2v) is 14.7. The zero-order valence-electron chi connectivity index (χ0n) is 21.8. The van der Waals surface area contributed by atoms with Gasteiger partial charge in [-0.2, -0.15) is 0 Å². The van der Waals surface area contributed by atoms with E-state index in [1.54, 1.807) is 10.4 Å². The lowest BCUT2D eigenvalue weighted by molar-refractivity contribution is 0.485. The van der Waals surface area contributed by atoms with Crippen molar-refractivity contribution in [2.45, 2.75) is 31.0 Å². The standard InChI is InChI=1S/C34H33BN2Si/c1-5-14-28(15-6-1)26-33(29-16-7-2-8-17-29)35-34-36-24-25-37(34)27-38(32-22-13-23-32,30-18-9-3-10-19-30)31-20-11-4-12-21-31/h1-12,14-21,24-26,32,35H,13,22-23,27H2. The number of hydrogen-bond donors (Lipinski definition) is 0. The van der Waals surface area contributed by atoms with Crippen LogP contribution in [-0.2, 0) is 6.17 Å². The maximum absolute atomic E-state index is 4.94. The first-order valence-corrected chi connectivity index (χ1v) is 16.0. The van der Waals surface area contributed by atoms with Crippen molar-refractivity contribution < 1.29 is 0 Å². The van der Waals surface area contributed by atoms with Crippen molar-refractivity contribution in [3.8, 4) is 0 Å². The zero-order valence-corrected chi connectivity index (χ0v) is 22.8. The fraction of sp³-hybridized carbons (Fsp3) is 0.147. The molecule has 1 aliphatic rings. The molecule has 1 fully saturated rings. The van der Waals surface area contributed by atoms with Crippen LogP contribution in [0.2, 0.25) is 5.54 Å². The lowest BCUT2D eigenvalue weighted by Crippen LogP contribution is -2.66. The predicted octanol–water partition coefficient (Wildman–Crippen LogP) is 5.50. The van der Waals surface area contributed by atoms with Gasteiger partial charge in [0, 0.05) is 18.6 Å². The first kappa shape index (κ1) is 24.4. The van der Waals surface area contributed by atoms with E-state index in [4.69, 9.17) is 4.98 Å². The molecule has 1 heterocycles. The van der Waals surface area contributed by atoms with Crippen molar-refractivity contribution in [3.63, 3.8) is 0 Å². The summed E-state index contributed by atoms with van der Waals surface area (Å²) in [5.41, 5.74) is 5.64. The van der Waals surface area contributed by atoms with Crippen LogP contribution in [0.3, 0.4) is 0 Å². The Hall–Kier alpha value is -3.89. The van der Waals surface area contributed by atoms with Crippen molar-refractivity contribution in [2.75, 3.05) is 0 Å². The summed E-state index contributed by atoms with van der Waals surface area (Å²) < 4.78 is 2.48. The van der Waals surface area contributed by atoms with E-state index in [1.807, 2.05) is 6.20 Å². The van der Waals surface area contributed by atoms with Crippen LogP contribution in [0.15, 0.2) is 134 Å². The van der Waals surface area contributed by atoms with Gasteiger partial charge in [-0.15, -0.1) is 0 Å². The molecule has 5 aromatic rings. The first-order valence-electron chi connectivity index (χ1n) is 13.7. The van der Waals surface area contributed by atoms with E-state index in [0.717, 1.165) is 24.7 Å². The summed E-state index contributed by atoms with van der Waals surface area (Å²) >= 11 is 0. The molecule has 2 nitrogen and oxygen atoms in total. The molecule has 6 rings (SSSR count). The fourth-order valence-electron chi connectivity index (χ4n) is 6.05. The van der Waals surface area contributed by atoms with Crippen LogP contribution in [0.1, 0.15) is 30.4 Å². The summed E-state index contributed by atoms with van der Waals surface area (Å²) in [6.45, 7) is 0. The van der Waals surface area contributed by atoms with Crippen LogP contribution < -0.4 is 16.1 Å². The van der Waals surface area contributed by atoms with Crippen LogP contribution in [0.5, 0.6) is 0 Å². The largest absolute Gasteiger partial charge is 0.345 e. The summed E-state index contributed by atoms with van der Waals surface area (Å²) in [6, 6.07) is 44.1. The van der Waals surface area contributed by atoms with E-state index in [0.29, 0.717) is 0 Å². The van der Waals surface area contributed by atoms with E-state index in [-0.39, 0.29) is 0 Å². The normalized spacial score (nSPS) is 14.2. The number of imidazole rings is 1. The van der Waals surface area contributed by atoms with Crippen LogP contribution in [0.25, 0.3) is 11.5 Å². The third-order valence-electron chi connectivity index (χ3n) is 8.23. The molecule has 186 valence electrons.